The minimum atomic E-state index is 0.116. The van der Waals surface area contributed by atoms with E-state index in [0.29, 0.717) is 37.4 Å². The molecule has 1 heterocycles. The summed E-state index contributed by atoms with van der Waals surface area (Å²) in [6.07, 6.45) is 1.09. The molecule has 6 heteroatoms. The molecule has 0 saturated heterocycles. The lowest BCUT2D eigenvalue weighted by Gasteiger charge is -2.21. The van der Waals surface area contributed by atoms with Gasteiger partial charge in [-0.25, -0.2) is 0 Å². The summed E-state index contributed by atoms with van der Waals surface area (Å²) in [4.78, 5) is 14.5. The van der Waals surface area contributed by atoms with Gasteiger partial charge in [-0.2, -0.15) is 0 Å². The normalized spacial score (nSPS) is 12.0. The molecule has 1 aliphatic rings. The van der Waals surface area contributed by atoms with E-state index in [9.17, 15) is 4.79 Å². The standard InChI is InChI=1S/C21H25NO5/c1-4-22(13-16-6-9-18-20(12-16)27-14-26-18)21(23)10-7-15-5-8-17(24-2)19(11-15)25-3/h5-6,8-9,11-12H,4,7,10,13-14H2,1-3H3. The van der Waals surface area contributed by atoms with Gasteiger partial charge in [0.15, 0.2) is 23.0 Å². The van der Waals surface area contributed by atoms with Gasteiger partial charge in [-0.15, -0.1) is 0 Å². The van der Waals surface area contributed by atoms with E-state index in [4.69, 9.17) is 18.9 Å². The van der Waals surface area contributed by atoms with Crippen molar-refractivity contribution in [1.29, 1.82) is 0 Å². The molecule has 0 spiro atoms. The van der Waals surface area contributed by atoms with Crippen molar-refractivity contribution in [2.24, 2.45) is 0 Å². The monoisotopic (exact) mass is 371 g/mol. The summed E-state index contributed by atoms with van der Waals surface area (Å²) in [5, 5.41) is 0. The van der Waals surface area contributed by atoms with Gasteiger partial charge in [0.05, 0.1) is 14.2 Å². The quantitative estimate of drug-likeness (QED) is 0.712. The van der Waals surface area contributed by atoms with Crippen molar-refractivity contribution >= 4 is 5.91 Å². The number of carbonyl (C=O) groups is 1. The maximum Gasteiger partial charge on any atom is 0.231 e. The van der Waals surface area contributed by atoms with Gasteiger partial charge in [0.2, 0.25) is 12.7 Å². The zero-order valence-electron chi connectivity index (χ0n) is 16.0. The molecule has 0 aliphatic carbocycles. The van der Waals surface area contributed by atoms with Crippen LogP contribution in [0.3, 0.4) is 0 Å². The van der Waals surface area contributed by atoms with E-state index < -0.39 is 0 Å². The van der Waals surface area contributed by atoms with Crippen molar-refractivity contribution in [3.63, 3.8) is 0 Å². The molecule has 1 amide bonds. The van der Waals surface area contributed by atoms with Crippen LogP contribution in [-0.4, -0.2) is 38.4 Å². The smallest absolute Gasteiger partial charge is 0.231 e. The van der Waals surface area contributed by atoms with Crippen molar-refractivity contribution in [2.45, 2.75) is 26.3 Å². The molecule has 27 heavy (non-hydrogen) atoms. The van der Waals surface area contributed by atoms with Gasteiger partial charge in [0.25, 0.3) is 0 Å². The molecule has 0 bridgehead atoms. The minimum absolute atomic E-state index is 0.116. The van der Waals surface area contributed by atoms with Crippen molar-refractivity contribution in [1.82, 2.24) is 4.90 Å². The van der Waals surface area contributed by atoms with E-state index in [0.717, 1.165) is 22.6 Å². The van der Waals surface area contributed by atoms with Crippen molar-refractivity contribution in [2.75, 3.05) is 27.6 Å². The molecular weight excluding hydrogens is 346 g/mol. The first kappa shape index (κ1) is 18.9. The second-order valence-electron chi connectivity index (χ2n) is 6.28. The first-order chi connectivity index (χ1) is 13.1. The van der Waals surface area contributed by atoms with E-state index >= 15 is 0 Å². The zero-order valence-corrected chi connectivity index (χ0v) is 16.0. The third-order valence-corrected chi connectivity index (χ3v) is 4.62. The Morgan fingerprint density at radius 1 is 1.00 bits per heavy atom. The SMILES string of the molecule is CCN(Cc1ccc2c(c1)OCO2)C(=O)CCc1ccc(OC)c(OC)c1. The average Bonchev–Trinajstić information content (AvgIpc) is 3.17. The molecule has 2 aromatic carbocycles. The van der Waals surface area contributed by atoms with Crippen LogP contribution in [0.25, 0.3) is 0 Å². The summed E-state index contributed by atoms with van der Waals surface area (Å²) in [5.74, 6) is 2.97. The van der Waals surface area contributed by atoms with Crippen LogP contribution in [0.2, 0.25) is 0 Å². The molecule has 0 fully saturated rings. The molecule has 144 valence electrons. The van der Waals surface area contributed by atoms with Gasteiger partial charge < -0.3 is 23.8 Å². The summed E-state index contributed by atoms with van der Waals surface area (Å²) in [6, 6.07) is 11.5. The van der Waals surface area contributed by atoms with E-state index in [1.54, 1.807) is 14.2 Å². The van der Waals surface area contributed by atoms with Crippen LogP contribution in [-0.2, 0) is 17.8 Å². The highest BCUT2D eigenvalue weighted by atomic mass is 16.7. The number of fused-ring (bicyclic) bond motifs is 1. The van der Waals surface area contributed by atoms with Gasteiger partial charge >= 0.3 is 0 Å². The second kappa shape index (κ2) is 8.66. The molecule has 0 N–H and O–H groups in total. The maximum absolute atomic E-state index is 12.7. The average molecular weight is 371 g/mol. The van der Waals surface area contributed by atoms with Crippen molar-refractivity contribution in [3.05, 3.63) is 47.5 Å². The van der Waals surface area contributed by atoms with Gasteiger partial charge in [0.1, 0.15) is 0 Å². The lowest BCUT2D eigenvalue weighted by molar-refractivity contribution is -0.131. The van der Waals surface area contributed by atoms with Crippen molar-refractivity contribution < 1.29 is 23.7 Å². The van der Waals surface area contributed by atoms with Crippen LogP contribution < -0.4 is 18.9 Å². The highest BCUT2D eigenvalue weighted by Gasteiger charge is 2.17. The van der Waals surface area contributed by atoms with Crippen molar-refractivity contribution in [3.8, 4) is 23.0 Å². The topological polar surface area (TPSA) is 57.2 Å². The number of methoxy groups -OCH3 is 2. The Morgan fingerprint density at radius 2 is 1.74 bits per heavy atom. The third kappa shape index (κ3) is 4.45. The highest BCUT2D eigenvalue weighted by Crippen LogP contribution is 2.33. The number of benzene rings is 2. The molecule has 0 aromatic heterocycles. The summed E-state index contributed by atoms with van der Waals surface area (Å²) in [6.45, 7) is 3.44. The Bertz CT molecular complexity index is 805. The van der Waals surface area contributed by atoms with Gasteiger partial charge in [-0.05, 0) is 48.7 Å². The van der Waals surface area contributed by atoms with E-state index in [2.05, 4.69) is 0 Å². The minimum Gasteiger partial charge on any atom is -0.493 e. The number of hydrogen-bond donors (Lipinski definition) is 0. The van der Waals surface area contributed by atoms with E-state index in [-0.39, 0.29) is 12.7 Å². The second-order valence-corrected chi connectivity index (χ2v) is 6.28. The number of amides is 1. The van der Waals surface area contributed by atoms with Gasteiger partial charge in [-0.3, -0.25) is 4.79 Å². The fourth-order valence-corrected chi connectivity index (χ4v) is 3.08. The summed E-state index contributed by atoms with van der Waals surface area (Å²) < 4.78 is 21.3. The lowest BCUT2D eigenvalue weighted by Crippen LogP contribution is -2.30. The Kier molecular flexibility index (Phi) is 6.06. The number of nitrogens with zero attached hydrogens (tertiary/aromatic N) is 1. The van der Waals surface area contributed by atoms with Gasteiger partial charge in [-0.1, -0.05) is 12.1 Å². The largest absolute Gasteiger partial charge is 0.493 e. The number of hydrogen-bond acceptors (Lipinski definition) is 5. The first-order valence-electron chi connectivity index (χ1n) is 9.01. The third-order valence-electron chi connectivity index (χ3n) is 4.62. The fraction of sp³-hybridized carbons (Fsp3) is 0.381. The molecule has 6 nitrogen and oxygen atoms in total. The Morgan fingerprint density at radius 3 is 2.48 bits per heavy atom. The summed E-state index contributed by atoms with van der Waals surface area (Å²) >= 11 is 0. The lowest BCUT2D eigenvalue weighted by atomic mass is 10.1. The molecule has 2 aromatic rings. The first-order valence-corrected chi connectivity index (χ1v) is 9.01. The molecule has 0 atom stereocenters. The highest BCUT2D eigenvalue weighted by molar-refractivity contribution is 5.76. The zero-order chi connectivity index (χ0) is 19.2. The molecule has 1 aliphatic heterocycles. The molecule has 0 unspecified atom stereocenters. The van der Waals surface area contributed by atoms with Crippen LogP contribution in [0.4, 0.5) is 0 Å². The molecular formula is C21H25NO5. The van der Waals surface area contributed by atoms with E-state index in [1.165, 1.54) is 0 Å². The van der Waals surface area contributed by atoms with E-state index in [1.807, 2.05) is 48.2 Å². The van der Waals surface area contributed by atoms with Gasteiger partial charge in [0, 0.05) is 19.5 Å². The molecule has 0 radical (unpaired) electrons. The fourth-order valence-electron chi connectivity index (χ4n) is 3.08. The summed E-state index contributed by atoms with van der Waals surface area (Å²) in [7, 11) is 3.22. The van der Waals surface area contributed by atoms with Crippen LogP contribution in [0.1, 0.15) is 24.5 Å². The van der Waals surface area contributed by atoms with Crippen LogP contribution in [0, 0.1) is 0 Å². The number of carbonyl (C=O) groups excluding carboxylic acids is 1. The number of aryl methyl sites for hydroxylation is 1. The number of ether oxygens (including phenoxy) is 4. The predicted molar refractivity (Wildman–Crippen MR) is 102 cm³/mol. The Hall–Kier alpha value is -2.89. The Balaban J connectivity index is 1.60. The molecule has 3 rings (SSSR count). The Labute approximate surface area is 159 Å². The predicted octanol–water partition coefficient (Wildman–Crippen LogP) is 3.41. The van der Waals surface area contributed by atoms with Crippen LogP contribution >= 0.6 is 0 Å². The number of rotatable bonds is 8. The van der Waals surface area contributed by atoms with Crippen LogP contribution in [0.5, 0.6) is 23.0 Å². The van der Waals surface area contributed by atoms with Crippen LogP contribution in [0.15, 0.2) is 36.4 Å². The maximum atomic E-state index is 12.7. The summed E-state index contributed by atoms with van der Waals surface area (Å²) in [5.41, 5.74) is 2.07. The molecule has 0 saturated carbocycles.